The van der Waals surface area contributed by atoms with E-state index in [-0.39, 0.29) is 16.6 Å². The number of carbonyl (C=O) groups is 1. The fraction of sp³-hybridized carbons (Fsp3) is 0.182. The molecule has 2 aromatic heterocycles. The van der Waals surface area contributed by atoms with Crippen molar-refractivity contribution in [3.63, 3.8) is 0 Å². The SMILES string of the molecule is CN1CCc2nc(C(=O)Nc3ccccc3NS(=O)(=O)c3cc4cc(Cl)ccc4[nH]3)sc2C1. The number of hydrogen-bond acceptors (Lipinski definition) is 6. The van der Waals surface area contributed by atoms with E-state index in [9.17, 15) is 13.2 Å². The number of carbonyl (C=O) groups excluding carboxylic acids is 1. The number of hydrogen-bond donors (Lipinski definition) is 3. The second kappa shape index (κ2) is 8.45. The summed E-state index contributed by atoms with van der Waals surface area (Å²) < 4.78 is 28.6. The van der Waals surface area contributed by atoms with E-state index >= 15 is 0 Å². The van der Waals surface area contributed by atoms with Gasteiger partial charge in [0.15, 0.2) is 10.0 Å². The first-order valence-electron chi connectivity index (χ1n) is 10.2. The number of aromatic nitrogens is 2. The van der Waals surface area contributed by atoms with Crippen LogP contribution in [-0.4, -0.2) is 42.8 Å². The molecule has 0 saturated carbocycles. The number of aromatic amines is 1. The van der Waals surface area contributed by atoms with Gasteiger partial charge in [0.2, 0.25) is 0 Å². The van der Waals surface area contributed by atoms with Gasteiger partial charge in [-0.3, -0.25) is 9.52 Å². The van der Waals surface area contributed by atoms with Crippen molar-refractivity contribution < 1.29 is 13.2 Å². The predicted octanol–water partition coefficient (Wildman–Crippen LogP) is 4.32. The molecule has 33 heavy (non-hydrogen) atoms. The molecule has 4 aromatic rings. The molecule has 11 heteroatoms. The number of para-hydroxylation sites is 2. The maximum absolute atomic E-state index is 13.0. The van der Waals surface area contributed by atoms with Crippen LogP contribution in [0, 0.1) is 0 Å². The minimum Gasteiger partial charge on any atom is -0.344 e. The molecule has 0 aliphatic carbocycles. The second-order valence-electron chi connectivity index (χ2n) is 7.85. The zero-order chi connectivity index (χ0) is 23.2. The summed E-state index contributed by atoms with van der Waals surface area (Å²) in [5.41, 5.74) is 2.20. The Morgan fingerprint density at radius 3 is 2.79 bits per heavy atom. The third-order valence-corrected chi connectivity index (χ3v) is 7.99. The smallest absolute Gasteiger partial charge is 0.284 e. The summed E-state index contributed by atoms with van der Waals surface area (Å²) in [5, 5.41) is 4.35. The van der Waals surface area contributed by atoms with E-state index in [0.717, 1.165) is 30.1 Å². The first-order chi connectivity index (χ1) is 15.8. The molecule has 5 rings (SSSR count). The summed E-state index contributed by atoms with van der Waals surface area (Å²) in [6, 6.07) is 13.3. The van der Waals surface area contributed by atoms with Gasteiger partial charge in [0.05, 0.1) is 17.1 Å². The summed E-state index contributed by atoms with van der Waals surface area (Å²) >= 11 is 7.37. The molecular formula is C22H20ClN5O3S2. The van der Waals surface area contributed by atoms with Crippen LogP contribution in [0.25, 0.3) is 10.9 Å². The van der Waals surface area contributed by atoms with E-state index in [4.69, 9.17) is 11.6 Å². The first-order valence-corrected chi connectivity index (χ1v) is 12.8. The van der Waals surface area contributed by atoms with Crippen molar-refractivity contribution in [2.45, 2.75) is 18.0 Å². The Morgan fingerprint density at radius 1 is 1.18 bits per heavy atom. The van der Waals surface area contributed by atoms with Gasteiger partial charge in [-0.2, -0.15) is 8.42 Å². The molecule has 0 radical (unpaired) electrons. The Balaban J connectivity index is 1.39. The quantitative estimate of drug-likeness (QED) is 0.377. The molecule has 0 bridgehead atoms. The average Bonchev–Trinajstić information content (AvgIpc) is 3.39. The van der Waals surface area contributed by atoms with Crippen LogP contribution in [-0.2, 0) is 23.0 Å². The zero-order valence-corrected chi connectivity index (χ0v) is 19.9. The standard InChI is InChI=1S/C22H20ClN5O3S2/c1-28-9-8-18-19(12-28)32-22(26-18)21(29)25-16-4-2-3-5-17(16)27-33(30,31)20-11-13-10-14(23)6-7-15(13)24-20/h2-7,10-11,24,27H,8-9,12H2,1H3,(H,25,29). The third-order valence-electron chi connectivity index (χ3n) is 5.38. The van der Waals surface area contributed by atoms with E-state index in [1.165, 1.54) is 17.4 Å². The number of fused-ring (bicyclic) bond motifs is 2. The van der Waals surface area contributed by atoms with Crippen LogP contribution >= 0.6 is 22.9 Å². The molecule has 0 saturated heterocycles. The van der Waals surface area contributed by atoms with Gasteiger partial charge in [-0.1, -0.05) is 23.7 Å². The maximum atomic E-state index is 13.0. The summed E-state index contributed by atoms with van der Waals surface area (Å²) in [6.45, 7) is 1.68. The van der Waals surface area contributed by atoms with Gasteiger partial charge in [0, 0.05) is 40.3 Å². The van der Waals surface area contributed by atoms with Crippen molar-refractivity contribution in [2.75, 3.05) is 23.6 Å². The van der Waals surface area contributed by atoms with Crippen LogP contribution in [0.5, 0.6) is 0 Å². The Bertz CT molecular complexity index is 1480. The number of anilines is 2. The number of nitrogens with one attached hydrogen (secondary N) is 3. The number of rotatable bonds is 5. The number of likely N-dealkylation sites (N-methyl/N-ethyl adjacent to an activating group) is 1. The summed E-state index contributed by atoms with van der Waals surface area (Å²) in [6.07, 6.45) is 0.807. The number of amides is 1. The minimum atomic E-state index is -3.94. The second-order valence-corrected chi connectivity index (χ2v) is 11.0. The molecule has 1 amide bonds. The Kier molecular flexibility index (Phi) is 5.61. The largest absolute Gasteiger partial charge is 0.344 e. The van der Waals surface area contributed by atoms with Crippen molar-refractivity contribution >= 4 is 61.1 Å². The molecule has 0 atom stereocenters. The van der Waals surface area contributed by atoms with Gasteiger partial charge in [0.25, 0.3) is 15.9 Å². The van der Waals surface area contributed by atoms with Crippen molar-refractivity contribution in [2.24, 2.45) is 0 Å². The molecule has 1 aliphatic heterocycles. The average molecular weight is 502 g/mol. The van der Waals surface area contributed by atoms with Crippen LogP contribution in [0.3, 0.4) is 0 Å². The van der Waals surface area contributed by atoms with Gasteiger partial charge in [-0.25, -0.2) is 4.98 Å². The highest BCUT2D eigenvalue weighted by Crippen LogP contribution is 2.29. The molecular weight excluding hydrogens is 482 g/mol. The van der Waals surface area contributed by atoms with Crippen LogP contribution in [0.2, 0.25) is 5.02 Å². The Labute approximate surface area is 199 Å². The monoisotopic (exact) mass is 501 g/mol. The fourth-order valence-electron chi connectivity index (χ4n) is 3.70. The highest BCUT2D eigenvalue weighted by atomic mass is 35.5. The van der Waals surface area contributed by atoms with Gasteiger partial charge in [0.1, 0.15) is 0 Å². The van der Waals surface area contributed by atoms with Gasteiger partial charge >= 0.3 is 0 Å². The topological polar surface area (TPSA) is 107 Å². The molecule has 0 spiro atoms. The van der Waals surface area contributed by atoms with E-state index in [1.54, 1.807) is 42.5 Å². The fourth-order valence-corrected chi connectivity index (χ4v) is 6.07. The normalized spacial score (nSPS) is 14.2. The van der Waals surface area contributed by atoms with Crippen molar-refractivity contribution in [3.8, 4) is 0 Å². The lowest BCUT2D eigenvalue weighted by Crippen LogP contribution is -2.25. The highest BCUT2D eigenvalue weighted by Gasteiger charge is 2.23. The van der Waals surface area contributed by atoms with E-state index in [1.807, 2.05) is 7.05 Å². The van der Waals surface area contributed by atoms with Crippen LogP contribution in [0.4, 0.5) is 11.4 Å². The highest BCUT2D eigenvalue weighted by molar-refractivity contribution is 7.92. The summed E-state index contributed by atoms with van der Waals surface area (Å²) in [5.74, 6) is -0.371. The number of halogens is 1. The van der Waals surface area contributed by atoms with Crippen LogP contribution in [0.15, 0.2) is 53.6 Å². The van der Waals surface area contributed by atoms with Gasteiger partial charge < -0.3 is 15.2 Å². The summed E-state index contributed by atoms with van der Waals surface area (Å²) in [4.78, 5) is 23.5. The maximum Gasteiger partial charge on any atom is 0.284 e. The molecule has 0 fully saturated rings. The molecule has 8 nitrogen and oxygen atoms in total. The molecule has 2 aromatic carbocycles. The Morgan fingerprint density at radius 2 is 1.97 bits per heavy atom. The zero-order valence-electron chi connectivity index (χ0n) is 17.6. The van der Waals surface area contributed by atoms with Crippen molar-refractivity contribution in [1.82, 2.24) is 14.9 Å². The number of H-pyrrole nitrogens is 1. The molecule has 170 valence electrons. The number of nitrogens with zero attached hydrogens (tertiary/aromatic N) is 2. The van der Waals surface area contributed by atoms with E-state index in [2.05, 4.69) is 24.9 Å². The minimum absolute atomic E-state index is 0.00221. The van der Waals surface area contributed by atoms with Crippen molar-refractivity contribution in [3.05, 3.63) is 69.1 Å². The lowest BCUT2D eigenvalue weighted by molar-refractivity contribution is 0.102. The Hall–Kier alpha value is -2.92. The van der Waals surface area contributed by atoms with E-state index < -0.39 is 10.0 Å². The molecule has 1 aliphatic rings. The van der Waals surface area contributed by atoms with E-state index in [0.29, 0.717) is 26.6 Å². The molecule has 3 N–H and O–H groups in total. The summed E-state index contributed by atoms with van der Waals surface area (Å²) in [7, 11) is -1.90. The van der Waals surface area contributed by atoms with Gasteiger partial charge in [-0.05, 0) is 43.4 Å². The van der Waals surface area contributed by atoms with Crippen LogP contribution < -0.4 is 10.0 Å². The van der Waals surface area contributed by atoms with Crippen LogP contribution in [0.1, 0.15) is 20.4 Å². The third kappa shape index (κ3) is 4.47. The first kappa shape index (κ1) is 21.9. The lowest BCUT2D eigenvalue weighted by Gasteiger charge is -2.20. The lowest BCUT2D eigenvalue weighted by atomic mass is 10.2. The van der Waals surface area contributed by atoms with Crippen molar-refractivity contribution in [1.29, 1.82) is 0 Å². The molecule has 3 heterocycles. The molecule has 0 unspecified atom stereocenters. The predicted molar refractivity (Wildman–Crippen MR) is 131 cm³/mol. The number of benzene rings is 2. The number of sulfonamides is 1. The number of thiazole rings is 1. The van der Waals surface area contributed by atoms with Gasteiger partial charge in [-0.15, -0.1) is 11.3 Å².